The van der Waals surface area contributed by atoms with Crippen molar-refractivity contribution in [2.75, 3.05) is 5.32 Å². The third-order valence-electron chi connectivity index (χ3n) is 4.53. The Morgan fingerprint density at radius 2 is 2.12 bits per heavy atom. The summed E-state index contributed by atoms with van der Waals surface area (Å²) in [6.07, 6.45) is 8.63. The summed E-state index contributed by atoms with van der Waals surface area (Å²) in [4.78, 5) is 6.52. The highest BCUT2D eigenvalue weighted by atomic mass is 35.5. The van der Waals surface area contributed by atoms with Crippen LogP contribution in [-0.4, -0.2) is 21.0 Å². The SMILES string of the molecule is Cc1ccc(NC(=S)N(Cc2cccnc2)C2CCCC2)cc1Cl. The van der Waals surface area contributed by atoms with Gasteiger partial charge in [0.1, 0.15) is 0 Å². The van der Waals surface area contributed by atoms with Crippen LogP contribution in [0, 0.1) is 6.92 Å². The topological polar surface area (TPSA) is 28.2 Å². The van der Waals surface area contributed by atoms with Crippen LogP contribution in [-0.2, 0) is 6.54 Å². The Hall–Kier alpha value is -1.65. The Morgan fingerprint density at radius 3 is 2.79 bits per heavy atom. The number of anilines is 1. The first-order valence-corrected chi connectivity index (χ1v) is 9.15. The quantitative estimate of drug-likeness (QED) is 0.761. The Labute approximate surface area is 154 Å². The minimum Gasteiger partial charge on any atom is -0.342 e. The van der Waals surface area contributed by atoms with Crippen molar-refractivity contribution in [3.8, 4) is 0 Å². The maximum atomic E-state index is 6.23. The molecule has 0 radical (unpaired) electrons. The number of aryl methyl sites for hydroxylation is 1. The molecule has 24 heavy (non-hydrogen) atoms. The average molecular weight is 360 g/mol. The lowest BCUT2D eigenvalue weighted by Gasteiger charge is -2.31. The van der Waals surface area contributed by atoms with E-state index in [-0.39, 0.29) is 0 Å². The van der Waals surface area contributed by atoms with Gasteiger partial charge in [-0.15, -0.1) is 0 Å². The third kappa shape index (κ3) is 4.25. The first kappa shape index (κ1) is 17.2. The molecule has 0 spiro atoms. The van der Waals surface area contributed by atoms with Gasteiger partial charge in [0.15, 0.2) is 5.11 Å². The van der Waals surface area contributed by atoms with Crippen molar-refractivity contribution < 1.29 is 0 Å². The van der Waals surface area contributed by atoms with Crippen molar-refractivity contribution >= 4 is 34.6 Å². The number of hydrogen-bond donors (Lipinski definition) is 1. The molecule has 5 heteroatoms. The number of hydrogen-bond acceptors (Lipinski definition) is 2. The van der Waals surface area contributed by atoms with Crippen molar-refractivity contribution in [3.63, 3.8) is 0 Å². The van der Waals surface area contributed by atoms with Gasteiger partial charge in [-0.1, -0.05) is 36.6 Å². The summed E-state index contributed by atoms with van der Waals surface area (Å²) in [6.45, 7) is 2.78. The zero-order valence-electron chi connectivity index (χ0n) is 13.8. The van der Waals surface area contributed by atoms with Crippen LogP contribution in [0.3, 0.4) is 0 Å². The molecule has 0 bridgehead atoms. The molecule has 1 fully saturated rings. The van der Waals surface area contributed by atoms with Crippen molar-refractivity contribution in [2.45, 2.75) is 45.2 Å². The lowest BCUT2D eigenvalue weighted by molar-refractivity contribution is 0.312. The molecule has 3 rings (SSSR count). The van der Waals surface area contributed by atoms with Gasteiger partial charge in [-0.05, 0) is 61.3 Å². The third-order valence-corrected chi connectivity index (χ3v) is 5.27. The Morgan fingerprint density at radius 1 is 1.33 bits per heavy atom. The smallest absolute Gasteiger partial charge is 0.173 e. The van der Waals surface area contributed by atoms with Crippen LogP contribution < -0.4 is 5.32 Å². The highest BCUT2D eigenvalue weighted by molar-refractivity contribution is 7.80. The molecule has 1 aromatic carbocycles. The molecule has 0 aliphatic heterocycles. The van der Waals surface area contributed by atoms with Gasteiger partial charge in [-0.25, -0.2) is 0 Å². The molecule has 1 aliphatic carbocycles. The fourth-order valence-corrected chi connectivity index (χ4v) is 3.65. The number of halogens is 1. The number of pyridine rings is 1. The minimum absolute atomic E-state index is 0.492. The van der Waals surface area contributed by atoms with E-state index in [0.717, 1.165) is 27.9 Å². The standard InChI is InChI=1S/C19H22ClN3S/c1-14-8-9-16(11-18(14)20)22-19(24)23(17-6-2-3-7-17)13-15-5-4-10-21-12-15/h4-5,8-12,17H,2-3,6-7,13H2,1H3,(H,22,24). The number of nitrogens with zero attached hydrogens (tertiary/aromatic N) is 2. The van der Waals surface area contributed by atoms with Gasteiger partial charge in [-0.2, -0.15) is 0 Å². The number of nitrogens with one attached hydrogen (secondary N) is 1. The molecule has 1 aliphatic rings. The Balaban J connectivity index is 1.76. The molecule has 1 aromatic heterocycles. The van der Waals surface area contributed by atoms with Gasteiger partial charge in [-0.3, -0.25) is 4.98 Å². The maximum Gasteiger partial charge on any atom is 0.173 e. The van der Waals surface area contributed by atoms with Crippen LogP contribution in [0.15, 0.2) is 42.7 Å². The van der Waals surface area contributed by atoms with Crippen molar-refractivity contribution in [1.82, 2.24) is 9.88 Å². The highest BCUT2D eigenvalue weighted by Crippen LogP contribution is 2.26. The van der Waals surface area contributed by atoms with Gasteiger partial charge in [0.2, 0.25) is 0 Å². The molecule has 1 heterocycles. The van der Waals surface area contributed by atoms with Gasteiger partial charge in [0.25, 0.3) is 0 Å². The van der Waals surface area contributed by atoms with Crippen LogP contribution in [0.25, 0.3) is 0 Å². The van der Waals surface area contributed by atoms with Crippen molar-refractivity contribution in [1.29, 1.82) is 0 Å². The number of aromatic nitrogens is 1. The molecule has 2 aromatic rings. The molecular formula is C19H22ClN3S. The summed E-state index contributed by atoms with van der Waals surface area (Å²) in [5.41, 5.74) is 3.18. The van der Waals surface area contributed by atoms with E-state index in [1.54, 1.807) is 6.20 Å². The Kier molecular flexibility index (Phi) is 5.69. The summed E-state index contributed by atoms with van der Waals surface area (Å²) >= 11 is 11.9. The lowest BCUT2D eigenvalue weighted by Crippen LogP contribution is -2.41. The van der Waals surface area contributed by atoms with E-state index in [4.69, 9.17) is 23.8 Å². The summed E-state index contributed by atoms with van der Waals surface area (Å²) in [6, 6.07) is 10.5. The zero-order chi connectivity index (χ0) is 16.9. The monoisotopic (exact) mass is 359 g/mol. The van der Waals surface area contributed by atoms with Gasteiger partial charge >= 0.3 is 0 Å². The van der Waals surface area contributed by atoms with Crippen LogP contribution >= 0.6 is 23.8 Å². The number of rotatable bonds is 4. The second-order valence-corrected chi connectivity index (χ2v) is 7.12. The minimum atomic E-state index is 0.492. The van der Waals surface area contributed by atoms with E-state index in [2.05, 4.69) is 21.3 Å². The van der Waals surface area contributed by atoms with Crippen molar-refractivity contribution in [3.05, 3.63) is 58.9 Å². The fraction of sp³-hybridized carbons (Fsp3) is 0.368. The van der Waals surface area contributed by atoms with E-state index < -0.39 is 0 Å². The Bertz CT molecular complexity index is 699. The predicted octanol–water partition coefficient (Wildman–Crippen LogP) is 5.19. The first-order chi connectivity index (χ1) is 11.6. The first-order valence-electron chi connectivity index (χ1n) is 8.36. The van der Waals surface area contributed by atoms with E-state index in [1.807, 2.05) is 37.4 Å². The maximum absolute atomic E-state index is 6.23. The molecule has 0 amide bonds. The molecule has 0 atom stereocenters. The second kappa shape index (κ2) is 7.95. The zero-order valence-corrected chi connectivity index (χ0v) is 15.4. The summed E-state index contributed by atoms with van der Waals surface area (Å²) < 4.78 is 0. The van der Waals surface area contributed by atoms with Crippen LogP contribution in [0.1, 0.15) is 36.8 Å². The van der Waals surface area contributed by atoms with Gasteiger partial charge in [0, 0.05) is 35.7 Å². The fourth-order valence-electron chi connectivity index (χ4n) is 3.14. The predicted molar refractivity (Wildman–Crippen MR) is 104 cm³/mol. The van der Waals surface area contributed by atoms with E-state index in [1.165, 1.54) is 31.2 Å². The summed E-state index contributed by atoms with van der Waals surface area (Å²) in [5.74, 6) is 0. The number of benzene rings is 1. The van der Waals surface area contributed by atoms with E-state index >= 15 is 0 Å². The van der Waals surface area contributed by atoms with Gasteiger partial charge < -0.3 is 10.2 Å². The van der Waals surface area contributed by atoms with E-state index in [9.17, 15) is 0 Å². The molecule has 3 nitrogen and oxygen atoms in total. The molecule has 1 saturated carbocycles. The lowest BCUT2D eigenvalue weighted by atomic mass is 10.2. The van der Waals surface area contributed by atoms with Gasteiger partial charge in [0.05, 0.1) is 0 Å². The summed E-state index contributed by atoms with van der Waals surface area (Å²) in [7, 11) is 0. The van der Waals surface area contributed by atoms with E-state index in [0.29, 0.717) is 6.04 Å². The molecule has 1 N–H and O–H groups in total. The second-order valence-electron chi connectivity index (χ2n) is 6.32. The van der Waals surface area contributed by atoms with Crippen LogP contribution in [0.2, 0.25) is 5.02 Å². The molecule has 0 unspecified atom stereocenters. The van der Waals surface area contributed by atoms with Crippen molar-refractivity contribution in [2.24, 2.45) is 0 Å². The highest BCUT2D eigenvalue weighted by Gasteiger charge is 2.25. The summed E-state index contributed by atoms with van der Waals surface area (Å²) in [5, 5.41) is 4.87. The molecule has 126 valence electrons. The van der Waals surface area contributed by atoms with Crippen LogP contribution in [0.4, 0.5) is 5.69 Å². The molecular weight excluding hydrogens is 338 g/mol. The molecule has 0 saturated heterocycles. The average Bonchev–Trinajstić information content (AvgIpc) is 3.11. The van der Waals surface area contributed by atoms with Crippen LogP contribution in [0.5, 0.6) is 0 Å². The normalized spacial score (nSPS) is 14.6. The number of thiocarbonyl (C=S) groups is 1. The largest absolute Gasteiger partial charge is 0.342 e.